The third-order valence-corrected chi connectivity index (χ3v) is 1.85. The van der Waals surface area contributed by atoms with Crippen LogP contribution in [0, 0.1) is 22.0 Å². The molecule has 0 aliphatic carbocycles. The van der Waals surface area contributed by atoms with Crippen molar-refractivity contribution in [2.75, 3.05) is 6.54 Å². The monoisotopic (exact) mass is 145 g/mol. The third kappa shape index (κ3) is 3.43. The number of nitrogens with zero attached hydrogens (tertiary/aromatic N) is 1. The van der Waals surface area contributed by atoms with Crippen molar-refractivity contribution in [1.29, 1.82) is 0 Å². The largest absolute Gasteiger partial charge is 0.265 e. The standard InChI is InChI=1S/C7H15NO2/c1-4-7(6(2)3)5-8(9)10/h6-7H,4-5H2,1-3H3/t7-/m0/s1. The predicted molar refractivity (Wildman–Crippen MR) is 40.5 cm³/mol. The molecule has 0 heterocycles. The quantitative estimate of drug-likeness (QED) is 0.448. The number of nitro groups is 1. The van der Waals surface area contributed by atoms with Gasteiger partial charge in [-0.05, 0) is 12.3 Å². The minimum absolute atomic E-state index is 0.119. The van der Waals surface area contributed by atoms with Crippen LogP contribution in [0.1, 0.15) is 27.2 Å². The van der Waals surface area contributed by atoms with E-state index in [9.17, 15) is 10.1 Å². The molecule has 0 aromatic carbocycles. The van der Waals surface area contributed by atoms with Crippen molar-refractivity contribution in [3.05, 3.63) is 10.1 Å². The summed E-state index contributed by atoms with van der Waals surface area (Å²) in [4.78, 5) is 9.85. The lowest BCUT2D eigenvalue weighted by Gasteiger charge is -2.12. The second-order valence-corrected chi connectivity index (χ2v) is 2.93. The molecule has 60 valence electrons. The van der Waals surface area contributed by atoms with Crippen LogP contribution < -0.4 is 0 Å². The molecule has 0 amide bonds. The van der Waals surface area contributed by atoms with E-state index < -0.39 is 0 Å². The molecular weight excluding hydrogens is 130 g/mol. The van der Waals surface area contributed by atoms with Gasteiger partial charge in [0.1, 0.15) is 0 Å². The van der Waals surface area contributed by atoms with Crippen LogP contribution in [0.3, 0.4) is 0 Å². The third-order valence-electron chi connectivity index (χ3n) is 1.85. The average Bonchev–Trinajstić information content (AvgIpc) is 1.81. The number of hydrogen-bond acceptors (Lipinski definition) is 2. The van der Waals surface area contributed by atoms with Crippen LogP contribution in [0.25, 0.3) is 0 Å². The van der Waals surface area contributed by atoms with Crippen LogP contribution in [0.4, 0.5) is 0 Å². The normalized spacial score (nSPS) is 13.6. The van der Waals surface area contributed by atoms with Gasteiger partial charge in [-0.1, -0.05) is 20.8 Å². The highest BCUT2D eigenvalue weighted by molar-refractivity contribution is 4.58. The van der Waals surface area contributed by atoms with Crippen molar-refractivity contribution in [1.82, 2.24) is 0 Å². The Balaban J connectivity index is 3.71. The summed E-state index contributed by atoms with van der Waals surface area (Å²) in [6.45, 7) is 6.16. The van der Waals surface area contributed by atoms with Crippen LogP contribution in [0.15, 0.2) is 0 Å². The molecule has 0 aromatic heterocycles. The molecule has 1 atom stereocenters. The predicted octanol–water partition coefficient (Wildman–Crippen LogP) is 1.95. The molecule has 0 saturated heterocycles. The topological polar surface area (TPSA) is 43.1 Å². The van der Waals surface area contributed by atoms with Crippen LogP contribution >= 0.6 is 0 Å². The van der Waals surface area contributed by atoms with Crippen molar-refractivity contribution in [2.45, 2.75) is 27.2 Å². The smallest absolute Gasteiger partial charge is 0.206 e. The van der Waals surface area contributed by atoms with Crippen LogP contribution in [0.2, 0.25) is 0 Å². The van der Waals surface area contributed by atoms with Crippen molar-refractivity contribution >= 4 is 0 Å². The lowest BCUT2D eigenvalue weighted by Crippen LogP contribution is -2.18. The van der Waals surface area contributed by atoms with E-state index in [4.69, 9.17) is 0 Å². The van der Waals surface area contributed by atoms with Gasteiger partial charge in [-0.3, -0.25) is 10.1 Å². The molecule has 0 N–H and O–H groups in total. The number of hydrogen-bond donors (Lipinski definition) is 0. The molecule has 0 fully saturated rings. The molecular formula is C7H15NO2. The zero-order valence-corrected chi connectivity index (χ0v) is 6.83. The summed E-state index contributed by atoms with van der Waals surface area (Å²) >= 11 is 0. The first-order valence-electron chi connectivity index (χ1n) is 3.69. The van der Waals surface area contributed by atoms with E-state index in [1.165, 1.54) is 0 Å². The molecule has 0 rings (SSSR count). The van der Waals surface area contributed by atoms with Gasteiger partial charge in [0.05, 0.1) is 0 Å². The Bertz CT molecular complexity index is 112. The molecule has 0 aliphatic rings. The zero-order chi connectivity index (χ0) is 8.15. The van der Waals surface area contributed by atoms with Crippen molar-refractivity contribution in [3.63, 3.8) is 0 Å². The first kappa shape index (κ1) is 9.40. The second kappa shape index (κ2) is 4.25. The van der Waals surface area contributed by atoms with Gasteiger partial charge in [-0.15, -0.1) is 0 Å². The summed E-state index contributed by atoms with van der Waals surface area (Å²) in [5.74, 6) is 0.672. The fourth-order valence-electron chi connectivity index (χ4n) is 1.00. The van der Waals surface area contributed by atoms with Gasteiger partial charge in [0.15, 0.2) is 0 Å². The van der Waals surface area contributed by atoms with E-state index in [1.807, 2.05) is 20.8 Å². The first-order chi connectivity index (χ1) is 4.57. The highest BCUT2D eigenvalue weighted by atomic mass is 16.6. The Hall–Kier alpha value is -0.600. The van der Waals surface area contributed by atoms with Gasteiger partial charge in [-0.25, -0.2) is 0 Å². The summed E-state index contributed by atoms with van der Waals surface area (Å²) in [7, 11) is 0. The van der Waals surface area contributed by atoms with Crippen LogP contribution in [-0.2, 0) is 0 Å². The van der Waals surface area contributed by atoms with E-state index >= 15 is 0 Å². The Labute approximate surface area is 61.6 Å². The zero-order valence-electron chi connectivity index (χ0n) is 6.83. The fourth-order valence-corrected chi connectivity index (χ4v) is 1.00. The second-order valence-electron chi connectivity index (χ2n) is 2.93. The molecule has 0 aliphatic heterocycles. The Kier molecular flexibility index (Phi) is 4.00. The van der Waals surface area contributed by atoms with E-state index in [2.05, 4.69) is 0 Å². The van der Waals surface area contributed by atoms with Gasteiger partial charge in [-0.2, -0.15) is 0 Å². The maximum atomic E-state index is 10.1. The Morgan fingerprint density at radius 2 is 2.00 bits per heavy atom. The van der Waals surface area contributed by atoms with Crippen LogP contribution in [0.5, 0.6) is 0 Å². The SMILES string of the molecule is CC[C@@H](C[N+](=O)[O-])C(C)C. The van der Waals surface area contributed by atoms with Crippen LogP contribution in [-0.4, -0.2) is 11.5 Å². The van der Waals surface area contributed by atoms with Gasteiger partial charge >= 0.3 is 0 Å². The van der Waals surface area contributed by atoms with E-state index in [0.717, 1.165) is 6.42 Å². The van der Waals surface area contributed by atoms with Gasteiger partial charge in [0.25, 0.3) is 0 Å². The van der Waals surface area contributed by atoms with Crippen molar-refractivity contribution in [3.8, 4) is 0 Å². The summed E-state index contributed by atoms with van der Waals surface area (Å²) < 4.78 is 0. The highest BCUT2D eigenvalue weighted by Crippen LogP contribution is 2.14. The Morgan fingerprint density at radius 1 is 1.50 bits per heavy atom. The highest BCUT2D eigenvalue weighted by Gasteiger charge is 2.16. The summed E-state index contributed by atoms with van der Waals surface area (Å²) in [6.07, 6.45) is 0.901. The fraction of sp³-hybridized carbons (Fsp3) is 1.00. The number of rotatable bonds is 4. The lowest BCUT2D eigenvalue weighted by molar-refractivity contribution is -0.489. The molecule has 0 saturated carbocycles. The lowest BCUT2D eigenvalue weighted by atomic mass is 9.94. The maximum Gasteiger partial charge on any atom is 0.206 e. The average molecular weight is 145 g/mol. The summed E-state index contributed by atoms with van der Waals surface area (Å²) in [5, 5.41) is 10.1. The molecule has 3 nitrogen and oxygen atoms in total. The van der Waals surface area contributed by atoms with Crippen molar-refractivity contribution < 1.29 is 4.92 Å². The van der Waals surface area contributed by atoms with Crippen molar-refractivity contribution in [2.24, 2.45) is 11.8 Å². The van der Waals surface area contributed by atoms with E-state index in [1.54, 1.807) is 0 Å². The molecule has 0 unspecified atom stereocenters. The molecule has 0 spiro atoms. The summed E-state index contributed by atoms with van der Waals surface area (Å²) in [5.41, 5.74) is 0. The van der Waals surface area contributed by atoms with E-state index in [-0.39, 0.29) is 17.4 Å². The van der Waals surface area contributed by atoms with Gasteiger partial charge in [0.2, 0.25) is 6.54 Å². The van der Waals surface area contributed by atoms with Gasteiger partial charge in [0, 0.05) is 10.8 Å². The molecule has 0 aromatic rings. The maximum absolute atomic E-state index is 10.1. The molecule has 0 bridgehead atoms. The Morgan fingerprint density at radius 3 is 2.10 bits per heavy atom. The minimum Gasteiger partial charge on any atom is -0.265 e. The molecule has 10 heavy (non-hydrogen) atoms. The molecule has 0 radical (unpaired) electrons. The minimum atomic E-state index is -0.228. The molecule has 3 heteroatoms. The first-order valence-corrected chi connectivity index (χ1v) is 3.69. The summed E-state index contributed by atoms with van der Waals surface area (Å²) in [6, 6.07) is 0. The van der Waals surface area contributed by atoms with E-state index in [0.29, 0.717) is 5.92 Å². The van der Waals surface area contributed by atoms with Gasteiger partial charge < -0.3 is 0 Å².